The summed E-state index contributed by atoms with van der Waals surface area (Å²) in [5, 5.41) is 9.38. The van der Waals surface area contributed by atoms with Gasteiger partial charge in [-0.2, -0.15) is 0 Å². The Hall–Kier alpha value is -1.73. The van der Waals surface area contributed by atoms with Gasteiger partial charge in [-0.25, -0.2) is 0 Å². The number of likely N-dealkylation sites (tertiary alicyclic amines) is 1. The summed E-state index contributed by atoms with van der Waals surface area (Å²) in [6.07, 6.45) is 6.98. The molecule has 2 heterocycles. The van der Waals surface area contributed by atoms with Crippen molar-refractivity contribution in [2.45, 2.75) is 37.4 Å². The minimum atomic E-state index is 0.699. The molecule has 1 aliphatic rings. The van der Waals surface area contributed by atoms with E-state index in [-0.39, 0.29) is 0 Å². The first-order chi connectivity index (χ1) is 13.2. The fraction of sp³-hybridized carbons (Fsp3) is 0.600. The van der Waals surface area contributed by atoms with Crippen molar-refractivity contribution in [3.8, 4) is 5.75 Å². The number of nitrogens with zero attached hydrogens (tertiary/aromatic N) is 5. The molecule has 6 nitrogen and oxygen atoms in total. The number of anilines is 1. The van der Waals surface area contributed by atoms with E-state index in [1.807, 2.05) is 24.9 Å². The van der Waals surface area contributed by atoms with E-state index in [0.717, 1.165) is 36.4 Å². The van der Waals surface area contributed by atoms with Gasteiger partial charge in [-0.1, -0.05) is 30.3 Å². The lowest BCUT2D eigenvalue weighted by atomic mass is 10.1. The smallest absolute Gasteiger partial charge is 0.227 e. The second kappa shape index (κ2) is 9.99. The molecule has 1 aromatic heterocycles. The van der Waals surface area contributed by atoms with Crippen LogP contribution in [0.3, 0.4) is 0 Å². The molecule has 7 heteroatoms. The Kier molecular flexibility index (Phi) is 7.41. The Morgan fingerprint density at radius 3 is 2.74 bits per heavy atom. The molecule has 0 saturated carbocycles. The van der Waals surface area contributed by atoms with E-state index < -0.39 is 0 Å². The average Bonchev–Trinajstić information content (AvgIpc) is 3.07. The lowest BCUT2D eigenvalue weighted by molar-refractivity contribution is 0.220. The van der Waals surface area contributed by atoms with Gasteiger partial charge >= 0.3 is 0 Å². The van der Waals surface area contributed by atoms with Crippen molar-refractivity contribution >= 4 is 17.7 Å². The third-order valence-corrected chi connectivity index (χ3v) is 5.72. The van der Waals surface area contributed by atoms with Crippen LogP contribution >= 0.6 is 11.8 Å². The van der Waals surface area contributed by atoms with Crippen molar-refractivity contribution in [1.29, 1.82) is 0 Å². The highest BCUT2D eigenvalue weighted by atomic mass is 32.2. The van der Waals surface area contributed by atoms with Crippen LogP contribution in [0.15, 0.2) is 29.4 Å². The van der Waals surface area contributed by atoms with Crippen LogP contribution in [0.5, 0.6) is 5.75 Å². The first-order valence-electron chi connectivity index (χ1n) is 9.76. The normalized spacial score (nSPS) is 15.1. The number of benzene rings is 1. The topological polar surface area (TPSA) is 46.4 Å². The number of ether oxygens (including phenoxy) is 1. The number of aromatic nitrogens is 3. The van der Waals surface area contributed by atoms with Crippen LogP contribution in [-0.2, 0) is 13.6 Å². The minimum absolute atomic E-state index is 0.699. The molecule has 3 rings (SSSR count). The second-order valence-corrected chi connectivity index (χ2v) is 7.93. The van der Waals surface area contributed by atoms with Gasteiger partial charge in [-0.05, 0) is 56.3 Å². The molecule has 0 radical (unpaired) electrons. The summed E-state index contributed by atoms with van der Waals surface area (Å²) in [4.78, 5) is 4.67. The maximum Gasteiger partial charge on any atom is 0.227 e. The van der Waals surface area contributed by atoms with Crippen molar-refractivity contribution in [3.63, 3.8) is 0 Å². The van der Waals surface area contributed by atoms with Crippen LogP contribution in [0, 0.1) is 0 Å². The number of piperidine rings is 1. The van der Waals surface area contributed by atoms with Crippen LogP contribution in [0.25, 0.3) is 0 Å². The molecule has 0 amide bonds. The van der Waals surface area contributed by atoms with Crippen molar-refractivity contribution in [2.24, 2.45) is 7.05 Å². The summed E-state index contributed by atoms with van der Waals surface area (Å²) in [5.74, 6) is 1.86. The molecule has 1 saturated heterocycles. The zero-order valence-corrected chi connectivity index (χ0v) is 17.5. The maximum atomic E-state index is 5.99. The third kappa shape index (κ3) is 5.62. The Labute approximate surface area is 166 Å². The number of rotatable bonds is 9. The predicted molar refractivity (Wildman–Crippen MR) is 112 cm³/mol. The first kappa shape index (κ1) is 20.0. The molecule has 2 aromatic rings. The van der Waals surface area contributed by atoms with Crippen LogP contribution in [0.4, 0.5) is 5.95 Å². The third-order valence-electron chi connectivity index (χ3n) is 5.00. The Morgan fingerprint density at radius 2 is 2.00 bits per heavy atom. The molecule has 0 unspecified atom stereocenters. The van der Waals surface area contributed by atoms with E-state index in [4.69, 9.17) is 4.74 Å². The maximum absolute atomic E-state index is 5.99. The van der Waals surface area contributed by atoms with Gasteiger partial charge in [0.15, 0.2) is 5.16 Å². The van der Waals surface area contributed by atoms with Crippen molar-refractivity contribution in [3.05, 3.63) is 29.8 Å². The van der Waals surface area contributed by atoms with Gasteiger partial charge in [0, 0.05) is 27.2 Å². The van der Waals surface area contributed by atoms with E-state index in [1.54, 1.807) is 11.8 Å². The average molecular weight is 390 g/mol. The molecule has 0 spiro atoms. The molecule has 27 heavy (non-hydrogen) atoms. The predicted octanol–water partition coefficient (Wildman–Crippen LogP) is 3.43. The van der Waals surface area contributed by atoms with Crippen molar-refractivity contribution in [2.75, 3.05) is 44.4 Å². The minimum Gasteiger partial charge on any atom is -0.494 e. The summed E-state index contributed by atoms with van der Waals surface area (Å²) < 4.78 is 8.01. The van der Waals surface area contributed by atoms with E-state index in [1.165, 1.54) is 37.9 Å². The van der Waals surface area contributed by atoms with E-state index in [9.17, 15) is 0 Å². The molecule has 1 fully saturated rings. The molecule has 0 atom stereocenters. The Morgan fingerprint density at radius 1 is 1.19 bits per heavy atom. The standard InChI is InChI=1S/C20H31N5OS/c1-23(19-21-22-20(27-3)24(19)2)11-8-14-26-18-10-7-9-17(15-18)16-25-12-5-4-6-13-25/h7,9-10,15H,4-6,8,11-14,16H2,1-3H3. The zero-order valence-electron chi connectivity index (χ0n) is 16.7. The second-order valence-electron chi connectivity index (χ2n) is 7.15. The highest BCUT2D eigenvalue weighted by molar-refractivity contribution is 7.98. The van der Waals surface area contributed by atoms with Gasteiger partial charge in [0.1, 0.15) is 5.75 Å². The quantitative estimate of drug-likeness (QED) is 0.484. The summed E-state index contributed by atoms with van der Waals surface area (Å²) >= 11 is 1.61. The first-order valence-corrected chi connectivity index (χ1v) is 11.0. The fourth-order valence-corrected chi connectivity index (χ4v) is 4.00. The van der Waals surface area contributed by atoms with Crippen LogP contribution in [-0.4, -0.2) is 59.2 Å². The van der Waals surface area contributed by atoms with Gasteiger partial charge in [-0.3, -0.25) is 9.47 Å². The van der Waals surface area contributed by atoms with Gasteiger partial charge in [0.2, 0.25) is 5.95 Å². The lowest BCUT2D eigenvalue weighted by Crippen LogP contribution is -2.29. The van der Waals surface area contributed by atoms with Crippen LogP contribution in [0.2, 0.25) is 0 Å². The zero-order chi connectivity index (χ0) is 19.1. The van der Waals surface area contributed by atoms with Gasteiger partial charge in [-0.15, -0.1) is 10.2 Å². The summed E-state index contributed by atoms with van der Waals surface area (Å²) in [5.41, 5.74) is 1.34. The monoisotopic (exact) mass is 389 g/mol. The van der Waals surface area contributed by atoms with E-state index in [2.05, 4.69) is 44.3 Å². The van der Waals surface area contributed by atoms with Gasteiger partial charge in [0.25, 0.3) is 0 Å². The molecule has 0 bridgehead atoms. The molecule has 148 valence electrons. The summed E-state index contributed by atoms with van der Waals surface area (Å²) in [7, 11) is 4.05. The van der Waals surface area contributed by atoms with Gasteiger partial charge in [0.05, 0.1) is 6.61 Å². The number of hydrogen-bond donors (Lipinski definition) is 0. The fourth-order valence-electron chi connectivity index (χ4n) is 3.52. The summed E-state index contributed by atoms with van der Waals surface area (Å²) in [6, 6.07) is 8.54. The van der Waals surface area contributed by atoms with Crippen LogP contribution in [0.1, 0.15) is 31.2 Å². The van der Waals surface area contributed by atoms with Crippen molar-refractivity contribution in [1.82, 2.24) is 19.7 Å². The Balaban J connectivity index is 1.43. The molecular weight excluding hydrogens is 358 g/mol. The van der Waals surface area contributed by atoms with Crippen LogP contribution < -0.4 is 9.64 Å². The summed E-state index contributed by atoms with van der Waals surface area (Å²) in [6.45, 7) is 5.05. The van der Waals surface area contributed by atoms with E-state index >= 15 is 0 Å². The largest absolute Gasteiger partial charge is 0.494 e. The number of thioether (sulfide) groups is 1. The van der Waals surface area contributed by atoms with Crippen molar-refractivity contribution < 1.29 is 4.74 Å². The SMILES string of the molecule is CSc1nnc(N(C)CCCOc2cccc(CN3CCCCC3)c2)n1C. The number of hydrogen-bond acceptors (Lipinski definition) is 6. The van der Waals surface area contributed by atoms with E-state index in [0.29, 0.717) is 6.61 Å². The molecule has 1 aliphatic heterocycles. The highest BCUT2D eigenvalue weighted by Gasteiger charge is 2.12. The highest BCUT2D eigenvalue weighted by Crippen LogP contribution is 2.19. The molecular formula is C20H31N5OS. The molecule has 0 N–H and O–H groups in total. The van der Waals surface area contributed by atoms with Gasteiger partial charge < -0.3 is 9.64 Å². The molecule has 0 aliphatic carbocycles. The lowest BCUT2D eigenvalue weighted by Gasteiger charge is -2.26. The Bertz CT molecular complexity index is 714. The molecule has 1 aromatic carbocycles.